The minimum absolute atomic E-state index is 0. The standard InChI is InChI=1S/C14H21N3O2.HI/c1-11-3-2-4-12(9-11)17-13(15)16-10-14(18)5-7-19-8-6-14;/h2-4,9,18H,5-8,10H2,1H3,(H3,15,16,17);1H. The molecule has 4 N–H and O–H groups in total. The Morgan fingerprint density at radius 1 is 1.45 bits per heavy atom. The lowest BCUT2D eigenvalue weighted by atomic mass is 9.95. The first-order valence-corrected chi connectivity index (χ1v) is 6.51. The van der Waals surface area contributed by atoms with Crippen molar-refractivity contribution in [1.82, 2.24) is 0 Å². The largest absolute Gasteiger partial charge is 0.388 e. The fourth-order valence-electron chi connectivity index (χ4n) is 2.05. The van der Waals surface area contributed by atoms with Crippen LogP contribution >= 0.6 is 24.0 Å². The molecule has 1 fully saturated rings. The van der Waals surface area contributed by atoms with Crippen LogP contribution in [0.15, 0.2) is 29.3 Å². The lowest BCUT2D eigenvalue weighted by Crippen LogP contribution is -2.40. The molecule has 0 radical (unpaired) electrons. The average Bonchev–Trinajstić information content (AvgIpc) is 2.38. The smallest absolute Gasteiger partial charge is 0.193 e. The number of nitrogens with zero attached hydrogens (tertiary/aromatic N) is 1. The van der Waals surface area contributed by atoms with E-state index in [0.717, 1.165) is 11.3 Å². The fourth-order valence-corrected chi connectivity index (χ4v) is 2.05. The van der Waals surface area contributed by atoms with Crippen LogP contribution in [0.2, 0.25) is 0 Å². The topological polar surface area (TPSA) is 79.9 Å². The summed E-state index contributed by atoms with van der Waals surface area (Å²) in [5.41, 5.74) is 7.10. The third-order valence-electron chi connectivity index (χ3n) is 3.26. The molecule has 6 heteroatoms. The molecule has 0 amide bonds. The highest BCUT2D eigenvalue weighted by Gasteiger charge is 2.29. The van der Waals surface area contributed by atoms with Crippen LogP contribution in [0.4, 0.5) is 5.69 Å². The Morgan fingerprint density at radius 2 is 2.15 bits per heavy atom. The van der Waals surface area contributed by atoms with Gasteiger partial charge in [0.2, 0.25) is 0 Å². The van der Waals surface area contributed by atoms with Crippen LogP contribution in [0.1, 0.15) is 18.4 Å². The molecule has 20 heavy (non-hydrogen) atoms. The number of halogens is 1. The Kier molecular flexibility index (Phi) is 6.70. The fraction of sp³-hybridized carbons (Fsp3) is 0.500. The molecule has 0 saturated carbocycles. The number of aliphatic hydroxyl groups is 1. The summed E-state index contributed by atoms with van der Waals surface area (Å²) >= 11 is 0. The van der Waals surface area contributed by atoms with E-state index in [1.54, 1.807) is 0 Å². The number of aryl methyl sites for hydroxylation is 1. The van der Waals surface area contributed by atoms with Gasteiger partial charge in [0, 0.05) is 31.7 Å². The first-order chi connectivity index (χ1) is 9.07. The lowest BCUT2D eigenvalue weighted by Gasteiger charge is -2.30. The van der Waals surface area contributed by atoms with E-state index in [9.17, 15) is 5.11 Å². The molecule has 0 aliphatic carbocycles. The highest BCUT2D eigenvalue weighted by molar-refractivity contribution is 14.0. The zero-order valence-electron chi connectivity index (χ0n) is 11.6. The van der Waals surface area contributed by atoms with Gasteiger partial charge in [0.15, 0.2) is 5.96 Å². The summed E-state index contributed by atoms with van der Waals surface area (Å²) in [4.78, 5) is 4.22. The first-order valence-electron chi connectivity index (χ1n) is 6.51. The van der Waals surface area contributed by atoms with Crippen LogP contribution in [0.3, 0.4) is 0 Å². The minimum Gasteiger partial charge on any atom is -0.388 e. The van der Waals surface area contributed by atoms with E-state index in [4.69, 9.17) is 10.5 Å². The van der Waals surface area contributed by atoms with Gasteiger partial charge in [-0.05, 0) is 24.6 Å². The van der Waals surface area contributed by atoms with Crippen molar-refractivity contribution in [2.45, 2.75) is 25.4 Å². The number of anilines is 1. The number of nitrogens with one attached hydrogen (secondary N) is 1. The summed E-state index contributed by atoms with van der Waals surface area (Å²) in [7, 11) is 0. The number of ether oxygens (including phenoxy) is 1. The number of nitrogens with two attached hydrogens (primary N) is 1. The molecule has 1 heterocycles. The van der Waals surface area contributed by atoms with Crippen molar-refractivity contribution in [2.24, 2.45) is 10.7 Å². The zero-order valence-corrected chi connectivity index (χ0v) is 14.0. The Labute approximate surface area is 136 Å². The van der Waals surface area contributed by atoms with E-state index in [1.807, 2.05) is 31.2 Å². The molecule has 1 aliphatic rings. The molecule has 1 saturated heterocycles. The van der Waals surface area contributed by atoms with E-state index >= 15 is 0 Å². The normalized spacial score (nSPS) is 18.2. The lowest BCUT2D eigenvalue weighted by molar-refractivity contribution is -0.0565. The number of guanidine groups is 1. The Hall–Kier alpha value is -0.860. The maximum absolute atomic E-state index is 10.3. The molecule has 2 rings (SSSR count). The van der Waals surface area contributed by atoms with Crippen molar-refractivity contribution >= 4 is 35.6 Å². The van der Waals surface area contributed by atoms with Gasteiger partial charge >= 0.3 is 0 Å². The molecular formula is C14H22IN3O2. The number of aliphatic imine (C=N–C) groups is 1. The third-order valence-corrected chi connectivity index (χ3v) is 3.26. The number of rotatable bonds is 3. The van der Waals surface area contributed by atoms with E-state index in [-0.39, 0.29) is 24.0 Å². The van der Waals surface area contributed by atoms with Crippen molar-refractivity contribution in [3.63, 3.8) is 0 Å². The van der Waals surface area contributed by atoms with Gasteiger partial charge in [0.05, 0.1) is 12.1 Å². The molecule has 1 aromatic carbocycles. The minimum atomic E-state index is -0.781. The molecule has 0 spiro atoms. The summed E-state index contributed by atoms with van der Waals surface area (Å²) in [5.74, 6) is 0.325. The second-order valence-electron chi connectivity index (χ2n) is 5.03. The summed E-state index contributed by atoms with van der Waals surface area (Å²) in [6, 6.07) is 7.89. The average molecular weight is 391 g/mol. The predicted molar refractivity (Wildman–Crippen MR) is 91.7 cm³/mol. The van der Waals surface area contributed by atoms with Crippen molar-refractivity contribution in [2.75, 3.05) is 25.1 Å². The summed E-state index contributed by atoms with van der Waals surface area (Å²) in [5, 5.41) is 13.3. The van der Waals surface area contributed by atoms with Gasteiger partial charge in [0.1, 0.15) is 0 Å². The van der Waals surface area contributed by atoms with E-state index in [2.05, 4.69) is 10.3 Å². The van der Waals surface area contributed by atoms with Crippen LogP contribution < -0.4 is 11.1 Å². The predicted octanol–water partition coefficient (Wildman–Crippen LogP) is 1.88. The SMILES string of the molecule is Cc1cccc(NC(N)=NCC2(O)CCOCC2)c1.I. The van der Waals surface area contributed by atoms with Crippen molar-refractivity contribution < 1.29 is 9.84 Å². The van der Waals surface area contributed by atoms with Crippen molar-refractivity contribution in [3.05, 3.63) is 29.8 Å². The van der Waals surface area contributed by atoms with Gasteiger partial charge in [-0.15, -0.1) is 24.0 Å². The van der Waals surface area contributed by atoms with E-state index in [0.29, 0.717) is 38.6 Å². The van der Waals surface area contributed by atoms with Crippen LogP contribution in [-0.4, -0.2) is 36.4 Å². The molecule has 0 bridgehead atoms. The molecule has 0 atom stereocenters. The molecule has 0 unspecified atom stereocenters. The molecular weight excluding hydrogens is 369 g/mol. The molecule has 1 aromatic rings. The summed E-state index contributed by atoms with van der Waals surface area (Å²) < 4.78 is 5.23. The number of benzene rings is 1. The maximum atomic E-state index is 10.3. The van der Waals surface area contributed by atoms with Gasteiger partial charge in [-0.25, -0.2) is 0 Å². The first kappa shape index (κ1) is 17.2. The Bertz CT molecular complexity index is 459. The Balaban J connectivity index is 0.00000200. The van der Waals surface area contributed by atoms with Crippen LogP contribution in [-0.2, 0) is 4.74 Å². The molecule has 0 aromatic heterocycles. The Morgan fingerprint density at radius 3 is 2.80 bits per heavy atom. The summed E-state index contributed by atoms with van der Waals surface area (Å²) in [6.45, 7) is 3.48. The number of hydrogen-bond donors (Lipinski definition) is 3. The van der Waals surface area contributed by atoms with Crippen molar-refractivity contribution in [3.8, 4) is 0 Å². The van der Waals surface area contributed by atoms with Gasteiger partial charge in [-0.1, -0.05) is 12.1 Å². The van der Waals surface area contributed by atoms with E-state index < -0.39 is 5.60 Å². The van der Waals surface area contributed by atoms with Gasteiger partial charge in [0.25, 0.3) is 0 Å². The van der Waals surface area contributed by atoms with Crippen LogP contribution in [0.5, 0.6) is 0 Å². The molecule has 1 aliphatic heterocycles. The highest BCUT2D eigenvalue weighted by atomic mass is 127. The maximum Gasteiger partial charge on any atom is 0.193 e. The van der Waals surface area contributed by atoms with E-state index in [1.165, 1.54) is 0 Å². The summed E-state index contributed by atoms with van der Waals surface area (Å²) in [6.07, 6.45) is 1.21. The zero-order chi connectivity index (χ0) is 13.7. The second-order valence-corrected chi connectivity index (χ2v) is 5.03. The van der Waals surface area contributed by atoms with Crippen LogP contribution in [0, 0.1) is 6.92 Å². The molecule has 112 valence electrons. The quantitative estimate of drug-likeness (QED) is 0.418. The van der Waals surface area contributed by atoms with Gasteiger partial charge in [-0.2, -0.15) is 0 Å². The van der Waals surface area contributed by atoms with Gasteiger partial charge < -0.3 is 20.9 Å². The second kappa shape index (κ2) is 7.80. The van der Waals surface area contributed by atoms with Crippen molar-refractivity contribution in [1.29, 1.82) is 0 Å². The van der Waals surface area contributed by atoms with Crippen LogP contribution in [0.25, 0.3) is 0 Å². The number of hydrogen-bond acceptors (Lipinski definition) is 3. The third kappa shape index (κ3) is 5.26. The monoisotopic (exact) mass is 391 g/mol. The van der Waals surface area contributed by atoms with Gasteiger partial charge in [-0.3, -0.25) is 4.99 Å². The highest BCUT2D eigenvalue weighted by Crippen LogP contribution is 2.20. The molecule has 5 nitrogen and oxygen atoms in total.